The van der Waals surface area contributed by atoms with Crippen LogP contribution in [0.25, 0.3) is 11.0 Å². The number of benzene rings is 1. The second kappa shape index (κ2) is 5.39. The van der Waals surface area contributed by atoms with Gasteiger partial charge in [0.15, 0.2) is 0 Å². The van der Waals surface area contributed by atoms with E-state index in [1.807, 2.05) is 6.07 Å². The van der Waals surface area contributed by atoms with Gasteiger partial charge in [-0.15, -0.1) is 0 Å². The summed E-state index contributed by atoms with van der Waals surface area (Å²) in [6.07, 6.45) is 3.65. The van der Waals surface area contributed by atoms with Crippen molar-refractivity contribution in [3.63, 3.8) is 0 Å². The Bertz CT molecular complexity index is 528. The van der Waals surface area contributed by atoms with Gasteiger partial charge in [0, 0.05) is 0 Å². The van der Waals surface area contributed by atoms with E-state index in [1.165, 1.54) is 0 Å². The van der Waals surface area contributed by atoms with Crippen LogP contribution in [0.1, 0.15) is 26.2 Å². The summed E-state index contributed by atoms with van der Waals surface area (Å²) >= 11 is 0.0434. The van der Waals surface area contributed by atoms with E-state index in [-0.39, 0.29) is 15.0 Å². The first-order valence-electron chi connectivity index (χ1n) is 6.46. The van der Waals surface area contributed by atoms with Crippen molar-refractivity contribution >= 4 is 31.7 Å². The van der Waals surface area contributed by atoms with Gasteiger partial charge in [0.25, 0.3) is 0 Å². The van der Waals surface area contributed by atoms with E-state index < -0.39 is 0 Å². The summed E-state index contributed by atoms with van der Waals surface area (Å²) in [5.41, 5.74) is 3.23. The number of hydrogen-bond acceptors (Lipinski definition) is 4. The molecule has 18 heavy (non-hydrogen) atoms. The first-order valence-corrected chi connectivity index (χ1v) is 7.99. The van der Waals surface area contributed by atoms with Crippen molar-refractivity contribution in [2.24, 2.45) is 0 Å². The van der Waals surface area contributed by atoms with Crippen LogP contribution in [-0.4, -0.2) is 41.7 Å². The molecular weight excluding hydrogens is 293 g/mol. The maximum absolute atomic E-state index is 5.71. The Balaban J connectivity index is 1.77. The third-order valence-electron chi connectivity index (χ3n) is 3.47. The van der Waals surface area contributed by atoms with Crippen LogP contribution in [0.5, 0.6) is 0 Å². The average molecular weight is 310 g/mol. The summed E-state index contributed by atoms with van der Waals surface area (Å²) in [5, 5.41) is 3.62. The van der Waals surface area contributed by atoms with E-state index in [2.05, 4.69) is 32.3 Å². The molecule has 0 spiro atoms. The molecule has 2 unspecified atom stereocenters. The van der Waals surface area contributed by atoms with Crippen LogP contribution in [0.2, 0.25) is 0 Å². The molecule has 0 bridgehead atoms. The molecule has 5 heteroatoms. The van der Waals surface area contributed by atoms with Crippen LogP contribution in [0.3, 0.4) is 0 Å². The molecule has 2 aromatic rings. The summed E-state index contributed by atoms with van der Waals surface area (Å²) in [4.78, 5) is 0. The first-order chi connectivity index (χ1) is 8.86. The molecule has 0 aliphatic carbocycles. The van der Waals surface area contributed by atoms with E-state index in [4.69, 9.17) is 4.74 Å². The number of ether oxygens (including phenoxy) is 1. The predicted octanol–water partition coefficient (Wildman–Crippen LogP) is 2.06. The molecule has 1 aromatic carbocycles. The minimum absolute atomic E-state index is 0.0434. The maximum atomic E-state index is 5.71. The molecule has 1 N–H and O–H groups in total. The normalized spacial score (nSPS) is 24.3. The second-order valence-electron chi connectivity index (χ2n) is 4.70. The Morgan fingerprint density at radius 1 is 1.44 bits per heavy atom. The molecule has 2 heterocycles. The number of fused-ring (bicyclic) bond motifs is 1. The van der Waals surface area contributed by atoms with Gasteiger partial charge in [-0.05, 0) is 0 Å². The van der Waals surface area contributed by atoms with Crippen LogP contribution in [-0.2, 0) is 4.74 Å². The quantitative estimate of drug-likeness (QED) is 0.882. The molecule has 0 saturated carbocycles. The molecule has 1 aliphatic rings. The van der Waals surface area contributed by atoms with Crippen LogP contribution in [0.15, 0.2) is 18.2 Å². The molecule has 2 atom stereocenters. The molecule has 3 rings (SSSR count). The Morgan fingerprint density at radius 2 is 2.39 bits per heavy atom. The van der Waals surface area contributed by atoms with Gasteiger partial charge in [0.05, 0.1) is 0 Å². The van der Waals surface area contributed by atoms with Gasteiger partial charge in [-0.2, -0.15) is 0 Å². The average Bonchev–Trinajstić information content (AvgIpc) is 2.88. The van der Waals surface area contributed by atoms with Crippen molar-refractivity contribution in [3.8, 4) is 0 Å². The number of nitrogens with one attached hydrogen (secondary N) is 1. The number of anilines is 1. The minimum atomic E-state index is 0.0434. The Kier molecular flexibility index (Phi) is 3.64. The van der Waals surface area contributed by atoms with E-state index >= 15 is 0 Å². The van der Waals surface area contributed by atoms with Gasteiger partial charge < -0.3 is 0 Å². The Labute approximate surface area is 113 Å². The zero-order chi connectivity index (χ0) is 12.4. The van der Waals surface area contributed by atoms with Crippen molar-refractivity contribution in [1.29, 1.82) is 0 Å². The summed E-state index contributed by atoms with van der Waals surface area (Å²) in [6.45, 7) is 3.04. The molecule has 96 valence electrons. The summed E-state index contributed by atoms with van der Waals surface area (Å²) in [7, 11) is 0. The number of hydrogen-bond donors (Lipinski definition) is 1. The van der Waals surface area contributed by atoms with Gasteiger partial charge in [-0.3, -0.25) is 0 Å². The third-order valence-corrected chi connectivity index (χ3v) is 4.61. The van der Waals surface area contributed by atoms with E-state index in [0.29, 0.717) is 12.1 Å². The van der Waals surface area contributed by atoms with Crippen LogP contribution < -0.4 is 5.32 Å². The predicted molar refractivity (Wildman–Crippen MR) is 73.2 cm³/mol. The fourth-order valence-electron chi connectivity index (χ4n) is 2.44. The van der Waals surface area contributed by atoms with Gasteiger partial charge in [-0.1, -0.05) is 0 Å². The topological polar surface area (TPSA) is 47.0 Å². The molecule has 1 saturated heterocycles. The zero-order valence-electron chi connectivity index (χ0n) is 10.4. The number of rotatable bonds is 3. The molecule has 4 nitrogen and oxygen atoms in total. The third kappa shape index (κ3) is 2.44. The SMILES string of the molecule is CCC1CC(Nc2cccc3n[se]nc23)CCO1. The Morgan fingerprint density at radius 3 is 3.28 bits per heavy atom. The molecule has 0 radical (unpaired) electrons. The van der Waals surface area contributed by atoms with Gasteiger partial charge in [-0.25, -0.2) is 0 Å². The van der Waals surface area contributed by atoms with Crippen LogP contribution in [0.4, 0.5) is 5.69 Å². The van der Waals surface area contributed by atoms with Gasteiger partial charge >= 0.3 is 113 Å². The summed E-state index contributed by atoms with van der Waals surface area (Å²) < 4.78 is 14.6. The van der Waals surface area contributed by atoms with E-state index in [0.717, 1.165) is 42.6 Å². The van der Waals surface area contributed by atoms with Gasteiger partial charge in [0.1, 0.15) is 0 Å². The van der Waals surface area contributed by atoms with Crippen molar-refractivity contribution < 1.29 is 4.74 Å². The fourth-order valence-corrected chi connectivity index (χ4v) is 3.59. The van der Waals surface area contributed by atoms with Crippen molar-refractivity contribution in [2.45, 2.75) is 38.3 Å². The monoisotopic (exact) mass is 311 g/mol. The fraction of sp³-hybridized carbons (Fsp3) is 0.538. The second-order valence-corrected chi connectivity index (χ2v) is 5.81. The van der Waals surface area contributed by atoms with Crippen LogP contribution in [0, 0.1) is 0 Å². The summed E-state index contributed by atoms with van der Waals surface area (Å²) in [5.74, 6) is 0. The number of nitrogens with zero attached hydrogens (tertiary/aromatic N) is 2. The van der Waals surface area contributed by atoms with Crippen molar-refractivity contribution in [2.75, 3.05) is 11.9 Å². The zero-order valence-corrected chi connectivity index (χ0v) is 12.1. The molecule has 1 aliphatic heterocycles. The molecule has 1 aromatic heterocycles. The molecule has 0 amide bonds. The van der Waals surface area contributed by atoms with Crippen molar-refractivity contribution in [3.05, 3.63) is 18.2 Å². The standard InChI is InChI=1S/C13H17N3OSe/c1-2-10-8-9(6-7-17-10)14-11-4-3-5-12-13(11)16-18-15-12/h3-5,9-10,14H,2,6-8H2,1H3. The molecular formula is C13H17N3OSe. The van der Waals surface area contributed by atoms with Crippen molar-refractivity contribution in [1.82, 2.24) is 7.96 Å². The number of aromatic nitrogens is 2. The molecule has 1 fully saturated rings. The Hall–Kier alpha value is -0.901. The van der Waals surface area contributed by atoms with Gasteiger partial charge in [0.2, 0.25) is 0 Å². The van der Waals surface area contributed by atoms with Crippen LogP contribution >= 0.6 is 0 Å². The van der Waals surface area contributed by atoms with E-state index in [9.17, 15) is 0 Å². The first kappa shape index (κ1) is 12.1. The summed E-state index contributed by atoms with van der Waals surface area (Å²) in [6, 6.07) is 6.70. The van der Waals surface area contributed by atoms with E-state index in [1.54, 1.807) is 0 Å².